The summed E-state index contributed by atoms with van der Waals surface area (Å²) in [5.74, 6) is 1.43. The molecule has 13 heteroatoms. The number of H-pyrrole nitrogens is 1. The second kappa shape index (κ2) is 9.33. The maximum atomic E-state index is 15.0. The number of aromatic nitrogens is 5. The van der Waals surface area contributed by atoms with Gasteiger partial charge in [0.1, 0.15) is 23.1 Å². The van der Waals surface area contributed by atoms with Crippen LogP contribution in [0.2, 0.25) is 0 Å². The molecule has 4 heterocycles. The summed E-state index contributed by atoms with van der Waals surface area (Å²) in [6.07, 6.45) is 4.20. The number of ether oxygens (including phenoxy) is 3. The van der Waals surface area contributed by atoms with Gasteiger partial charge in [0, 0.05) is 38.2 Å². The molecular weight excluding hydrogens is 495 g/mol. The molecular formula is C25H27FN8O4. The molecule has 2 aliphatic rings. The van der Waals surface area contributed by atoms with Gasteiger partial charge in [-0.1, -0.05) is 0 Å². The van der Waals surface area contributed by atoms with E-state index in [1.165, 1.54) is 31.2 Å². The first-order valence-electron chi connectivity index (χ1n) is 12.2. The first-order chi connectivity index (χ1) is 18.3. The van der Waals surface area contributed by atoms with E-state index in [0.717, 1.165) is 19.4 Å². The van der Waals surface area contributed by atoms with Gasteiger partial charge in [-0.05, 0) is 37.8 Å². The van der Waals surface area contributed by atoms with Gasteiger partial charge in [-0.2, -0.15) is 9.97 Å². The lowest BCUT2D eigenvalue weighted by atomic mass is 10.0. The van der Waals surface area contributed by atoms with Gasteiger partial charge in [-0.3, -0.25) is 4.90 Å². The van der Waals surface area contributed by atoms with Crippen LogP contribution in [0.15, 0.2) is 24.5 Å². The monoisotopic (exact) mass is 522 g/mol. The van der Waals surface area contributed by atoms with Crippen LogP contribution in [-0.2, 0) is 9.47 Å². The Hall–Kier alpha value is -4.10. The molecule has 198 valence electrons. The van der Waals surface area contributed by atoms with Crippen LogP contribution < -0.4 is 20.3 Å². The SMILES string of the molecule is COCOC(=O)N(C)c1cc(F)cc2c1[nH]c1nc(Oc3cnc(C)nc3)nc(N3C[C@H]4C[C@@H]3C[C@H]4N)c12. The Balaban J connectivity index is 1.51. The Labute approximate surface area is 216 Å². The van der Waals surface area contributed by atoms with Gasteiger partial charge < -0.3 is 29.8 Å². The average molecular weight is 523 g/mol. The summed E-state index contributed by atoms with van der Waals surface area (Å²) < 4.78 is 30.8. The first-order valence-corrected chi connectivity index (χ1v) is 12.2. The Morgan fingerprint density at radius 3 is 2.74 bits per heavy atom. The predicted molar refractivity (Wildman–Crippen MR) is 137 cm³/mol. The molecule has 1 aromatic carbocycles. The van der Waals surface area contributed by atoms with E-state index in [2.05, 4.69) is 24.8 Å². The van der Waals surface area contributed by atoms with E-state index in [1.807, 2.05) is 0 Å². The zero-order valence-electron chi connectivity index (χ0n) is 21.1. The van der Waals surface area contributed by atoms with Crippen molar-refractivity contribution in [3.63, 3.8) is 0 Å². The minimum Gasteiger partial charge on any atom is -0.422 e. The normalized spacial score (nSPS) is 20.4. The number of anilines is 2. The lowest BCUT2D eigenvalue weighted by Gasteiger charge is -2.31. The molecule has 1 saturated heterocycles. The summed E-state index contributed by atoms with van der Waals surface area (Å²) in [7, 11) is 2.91. The average Bonchev–Trinajstić information content (AvgIpc) is 3.59. The van der Waals surface area contributed by atoms with Crippen molar-refractivity contribution in [2.75, 3.05) is 37.3 Å². The molecule has 0 unspecified atom stereocenters. The molecule has 1 saturated carbocycles. The summed E-state index contributed by atoms with van der Waals surface area (Å²) in [6.45, 7) is 2.27. The minimum atomic E-state index is -0.696. The number of benzene rings is 1. The van der Waals surface area contributed by atoms with Gasteiger partial charge >= 0.3 is 12.1 Å². The molecule has 1 aliphatic carbocycles. The quantitative estimate of drug-likeness (QED) is 0.362. The number of methoxy groups -OCH3 is 1. The molecule has 2 fully saturated rings. The number of nitrogens with one attached hydrogen (secondary N) is 1. The third kappa shape index (κ3) is 4.13. The fourth-order valence-corrected chi connectivity index (χ4v) is 5.42. The number of hydrogen-bond donors (Lipinski definition) is 2. The smallest absolute Gasteiger partial charge is 0.416 e. The van der Waals surface area contributed by atoms with Crippen LogP contribution in [0.5, 0.6) is 11.8 Å². The van der Waals surface area contributed by atoms with Gasteiger partial charge in [-0.25, -0.2) is 19.2 Å². The Kier molecular flexibility index (Phi) is 5.95. The number of aryl methyl sites for hydroxylation is 1. The lowest BCUT2D eigenvalue weighted by molar-refractivity contribution is 0.0156. The summed E-state index contributed by atoms with van der Waals surface area (Å²) in [5, 5.41) is 1.17. The molecule has 1 aliphatic heterocycles. The number of hydrogen-bond acceptors (Lipinski definition) is 10. The largest absolute Gasteiger partial charge is 0.422 e. The molecule has 38 heavy (non-hydrogen) atoms. The summed E-state index contributed by atoms with van der Waals surface area (Å²) in [4.78, 5) is 36.9. The van der Waals surface area contributed by atoms with E-state index in [4.69, 9.17) is 24.9 Å². The Morgan fingerprint density at radius 1 is 1.26 bits per heavy atom. The number of fused-ring (bicyclic) bond motifs is 5. The van der Waals surface area contributed by atoms with Crippen molar-refractivity contribution in [3.8, 4) is 11.8 Å². The van der Waals surface area contributed by atoms with E-state index >= 15 is 0 Å². The summed E-state index contributed by atoms with van der Waals surface area (Å²) in [6, 6.07) is 3.11. The topological polar surface area (TPSA) is 145 Å². The van der Waals surface area contributed by atoms with E-state index in [9.17, 15) is 9.18 Å². The van der Waals surface area contributed by atoms with Crippen LogP contribution in [0.3, 0.4) is 0 Å². The molecule has 3 aromatic heterocycles. The first kappa shape index (κ1) is 24.2. The van der Waals surface area contributed by atoms with Gasteiger partial charge in [0.05, 0.1) is 29.0 Å². The third-order valence-electron chi connectivity index (χ3n) is 7.23. The fraction of sp³-hybridized carbons (Fsp3) is 0.400. The van der Waals surface area contributed by atoms with Gasteiger partial charge in [0.2, 0.25) is 0 Å². The number of halogens is 1. The molecule has 3 N–H and O–H groups in total. The molecule has 0 radical (unpaired) electrons. The van der Waals surface area contributed by atoms with Crippen molar-refractivity contribution in [3.05, 3.63) is 36.2 Å². The number of nitrogens with two attached hydrogens (primary N) is 1. The summed E-state index contributed by atoms with van der Waals surface area (Å²) >= 11 is 0. The standard InChI is InChI=1S/C25H27FN8O4/c1-12-28-8-16(9-29-12)38-24-31-22-20(23(32-24)34-10-13-4-15(34)7-18(13)27)17-5-14(26)6-19(21(17)30-22)33(2)25(35)37-11-36-3/h5-6,8-9,13,15,18H,4,7,10-11,27H2,1-3H3,(H,30,31,32)/t13-,15-,18-/m1/s1. The number of nitrogens with zero attached hydrogens (tertiary/aromatic N) is 6. The van der Waals surface area contributed by atoms with E-state index in [1.54, 1.807) is 19.3 Å². The zero-order valence-corrected chi connectivity index (χ0v) is 21.1. The van der Waals surface area contributed by atoms with Crippen molar-refractivity contribution in [2.24, 2.45) is 11.7 Å². The number of amides is 1. The Bertz CT molecular complexity index is 1530. The van der Waals surface area contributed by atoms with Crippen LogP contribution >= 0.6 is 0 Å². The maximum Gasteiger partial charge on any atom is 0.416 e. The Morgan fingerprint density at radius 2 is 2.05 bits per heavy atom. The third-order valence-corrected chi connectivity index (χ3v) is 7.23. The van der Waals surface area contributed by atoms with Crippen molar-refractivity contribution in [1.29, 1.82) is 0 Å². The minimum absolute atomic E-state index is 0.0912. The highest BCUT2D eigenvalue weighted by atomic mass is 19.1. The number of rotatable bonds is 6. The van der Waals surface area contributed by atoms with Crippen LogP contribution in [-0.4, -0.2) is 70.6 Å². The predicted octanol–water partition coefficient (Wildman–Crippen LogP) is 3.24. The molecule has 12 nitrogen and oxygen atoms in total. The van der Waals surface area contributed by atoms with E-state index in [-0.39, 0.29) is 30.6 Å². The maximum absolute atomic E-state index is 15.0. The van der Waals surface area contributed by atoms with Gasteiger partial charge in [0.15, 0.2) is 12.5 Å². The van der Waals surface area contributed by atoms with Gasteiger partial charge in [-0.15, -0.1) is 0 Å². The van der Waals surface area contributed by atoms with Crippen LogP contribution in [0.1, 0.15) is 18.7 Å². The highest BCUT2D eigenvalue weighted by molar-refractivity contribution is 6.16. The molecule has 0 spiro atoms. The van der Waals surface area contributed by atoms with Crippen LogP contribution in [0, 0.1) is 18.7 Å². The molecule has 3 atom stereocenters. The van der Waals surface area contributed by atoms with Crippen molar-refractivity contribution in [2.45, 2.75) is 31.8 Å². The zero-order chi connectivity index (χ0) is 26.6. The highest BCUT2D eigenvalue weighted by Gasteiger charge is 2.44. The second-order valence-corrected chi connectivity index (χ2v) is 9.67. The second-order valence-electron chi connectivity index (χ2n) is 9.67. The lowest BCUT2D eigenvalue weighted by Crippen LogP contribution is -2.41. The molecule has 2 bridgehead atoms. The van der Waals surface area contributed by atoms with E-state index < -0.39 is 11.9 Å². The highest BCUT2D eigenvalue weighted by Crippen LogP contribution is 2.44. The molecule has 6 rings (SSSR count). The summed E-state index contributed by atoms with van der Waals surface area (Å²) in [5.41, 5.74) is 7.53. The molecule has 4 aromatic rings. The number of carbonyl (C=O) groups excluding carboxylic acids is 1. The molecule has 1 amide bonds. The van der Waals surface area contributed by atoms with Crippen molar-refractivity contribution < 1.29 is 23.4 Å². The number of aromatic amines is 1. The van der Waals surface area contributed by atoms with Crippen LogP contribution in [0.4, 0.5) is 20.7 Å². The number of carbonyl (C=O) groups is 1. The van der Waals surface area contributed by atoms with E-state index in [0.29, 0.717) is 45.2 Å². The van der Waals surface area contributed by atoms with Crippen molar-refractivity contribution >= 4 is 39.5 Å². The van der Waals surface area contributed by atoms with Crippen molar-refractivity contribution in [1.82, 2.24) is 24.9 Å². The van der Waals surface area contributed by atoms with Gasteiger partial charge in [0.25, 0.3) is 0 Å². The van der Waals surface area contributed by atoms with Crippen LogP contribution in [0.25, 0.3) is 21.9 Å². The number of piperidine rings is 1. The fourth-order valence-electron chi connectivity index (χ4n) is 5.42.